The number of aryl methyl sites for hydroxylation is 2. The smallest absolute Gasteiger partial charge is 0.0517 e. The average molecular weight is 425 g/mol. The number of fused-ring (bicyclic) bond motifs is 1. The molecule has 0 unspecified atom stereocenters. The van der Waals surface area contributed by atoms with Gasteiger partial charge in [0.1, 0.15) is 0 Å². The monoisotopic (exact) mass is 424 g/mol. The zero-order chi connectivity index (χ0) is 22.9. The van der Waals surface area contributed by atoms with Crippen molar-refractivity contribution in [2.45, 2.75) is 52.9 Å². The molecule has 0 atom stereocenters. The van der Waals surface area contributed by atoms with Crippen LogP contribution in [0.5, 0.6) is 0 Å². The van der Waals surface area contributed by atoms with Crippen LogP contribution in [0.1, 0.15) is 56.2 Å². The second-order valence-corrected chi connectivity index (χ2v) is 8.41. The number of aromatic nitrogens is 1. The summed E-state index contributed by atoms with van der Waals surface area (Å²) in [6.45, 7) is 11.5. The zero-order valence-electron chi connectivity index (χ0n) is 20.1. The molecular weight excluding hydrogens is 388 g/mol. The summed E-state index contributed by atoms with van der Waals surface area (Å²) in [4.78, 5) is 0. The van der Waals surface area contributed by atoms with E-state index in [-0.39, 0.29) is 0 Å². The van der Waals surface area contributed by atoms with Crippen molar-refractivity contribution in [2.75, 3.05) is 6.54 Å². The van der Waals surface area contributed by atoms with Crippen LogP contribution in [0, 0.1) is 18.8 Å². The molecule has 0 saturated carbocycles. The van der Waals surface area contributed by atoms with Gasteiger partial charge in [-0.25, -0.2) is 0 Å². The van der Waals surface area contributed by atoms with Crippen LogP contribution in [0.2, 0.25) is 0 Å². The van der Waals surface area contributed by atoms with Crippen LogP contribution < -0.4 is 5.32 Å². The number of nitrogens with one attached hydrogen (secondary N) is 1. The van der Waals surface area contributed by atoms with E-state index in [1.807, 2.05) is 13.0 Å². The summed E-state index contributed by atoms with van der Waals surface area (Å²) in [7, 11) is 2.14. The number of nitrogens with zero attached hydrogens (tertiary/aromatic N) is 1. The number of hydrogen-bond donors (Lipinski definition) is 1. The van der Waals surface area contributed by atoms with Crippen LogP contribution in [0.3, 0.4) is 0 Å². The fourth-order valence-corrected chi connectivity index (χ4v) is 4.39. The summed E-state index contributed by atoms with van der Waals surface area (Å²) >= 11 is 0. The number of allylic oxidation sites excluding steroid dienone is 7. The first-order chi connectivity index (χ1) is 15.5. The lowest BCUT2D eigenvalue weighted by molar-refractivity contribution is 0.847. The van der Waals surface area contributed by atoms with E-state index in [4.69, 9.17) is 0 Å². The second-order valence-electron chi connectivity index (χ2n) is 8.41. The van der Waals surface area contributed by atoms with Gasteiger partial charge in [-0.3, -0.25) is 0 Å². The topological polar surface area (TPSA) is 17.0 Å². The Morgan fingerprint density at radius 1 is 1.28 bits per heavy atom. The molecule has 1 N–H and O–H groups in total. The van der Waals surface area contributed by atoms with Crippen molar-refractivity contribution < 1.29 is 0 Å². The Morgan fingerprint density at radius 2 is 2.12 bits per heavy atom. The highest BCUT2D eigenvalue weighted by Gasteiger charge is 2.14. The van der Waals surface area contributed by atoms with Gasteiger partial charge in [-0.2, -0.15) is 0 Å². The zero-order valence-corrected chi connectivity index (χ0v) is 20.1. The lowest BCUT2D eigenvalue weighted by Gasteiger charge is -2.12. The maximum absolute atomic E-state index is 4.35. The van der Waals surface area contributed by atoms with E-state index in [1.54, 1.807) is 0 Å². The Balaban J connectivity index is 1.74. The van der Waals surface area contributed by atoms with Gasteiger partial charge < -0.3 is 9.88 Å². The molecule has 2 nitrogen and oxygen atoms in total. The largest absolute Gasteiger partial charge is 0.385 e. The Labute approximate surface area is 194 Å². The first-order valence-corrected chi connectivity index (χ1v) is 11.7. The molecule has 1 heterocycles. The average Bonchev–Trinajstić information content (AvgIpc) is 3.13. The second kappa shape index (κ2) is 11.4. The van der Waals surface area contributed by atoms with Crippen LogP contribution in [0.4, 0.5) is 0 Å². The van der Waals surface area contributed by atoms with Crippen molar-refractivity contribution in [1.82, 2.24) is 9.88 Å². The molecule has 1 aromatic carbocycles. The third-order valence-corrected chi connectivity index (χ3v) is 6.04. The molecule has 32 heavy (non-hydrogen) atoms. The van der Waals surface area contributed by atoms with Crippen LogP contribution in [0.15, 0.2) is 72.5 Å². The number of benzene rings is 1. The third kappa shape index (κ3) is 5.74. The third-order valence-electron chi connectivity index (χ3n) is 6.04. The van der Waals surface area contributed by atoms with E-state index >= 15 is 0 Å². The Bertz CT molecular complexity index is 1150. The molecular formula is C30H36N2. The van der Waals surface area contributed by atoms with Gasteiger partial charge in [0, 0.05) is 36.4 Å². The van der Waals surface area contributed by atoms with Gasteiger partial charge in [0.05, 0.1) is 5.52 Å². The molecule has 0 fully saturated rings. The summed E-state index contributed by atoms with van der Waals surface area (Å²) in [5, 5.41) is 4.81. The lowest BCUT2D eigenvalue weighted by atomic mass is 9.95. The predicted octanol–water partition coefficient (Wildman–Crippen LogP) is 7.17. The summed E-state index contributed by atoms with van der Waals surface area (Å²) in [6, 6.07) is 4.56. The van der Waals surface area contributed by atoms with Gasteiger partial charge in [0.15, 0.2) is 0 Å². The van der Waals surface area contributed by atoms with Gasteiger partial charge in [-0.1, -0.05) is 61.9 Å². The van der Waals surface area contributed by atoms with E-state index in [9.17, 15) is 0 Å². The molecule has 1 aliphatic carbocycles. The molecule has 1 aromatic heterocycles. The molecule has 2 heteroatoms. The van der Waals surface area contributed by atoms with Crippen LogP contribution in [-0.2, 0) is 13.5 Å². The number of rotatable bonds is 9. The van der Waals surface area contributed by atoms with E-state index in [0.29, 0.717) is 0 Å². The van der Waals surface area contributed by atoms with Crippen molar-refractivity contribution in [3.63, 3.8) is 0 Å². The molecule has 0 amide bonds. The molecule has 3 rings (SSSR count). The van der Waals surface area contributed by atoms with Crippen molar-refractivity contribution in [1.29, 1.82) is 0 Å². The predicted molar refractivity (Wildman–Crippen MR) is 140 cm³/mol. The first-order valence-electron chi connectivity index (χ1n) is 11.7. The fourth-order valence-electron chi connectivity index (χ4n) is 4.39. The standard InChI is InChI=1S/C30H36N2/c1-6-8-10-14-25(13-7-2)19-20-31-24(4)29-22-32(5)30-23(3)27(17-18-28(29)30)21-26-15-11-9-12-16-26/h10-11,13-18,22,31H,4,7,9,12,19-21H2,1-3,5H3/b14-10-,25-13+. The van der Waals surface area contributed by atoms with Gasteiger partial charge >= 0.3 is 0 Å². The molecule has 0 bridgehead atoms. The Hall–Kier alpha value is -3.18. The number of hydrogen-bond acceptors (Lipinski definition) is 1. The summed E-state index contributed by atoms with van der Waals surface area (Å²) in [6.07, 6.45) is 20.7. The van der Waals surface area contributed by atoms with E-state index in [1.165, 1.54) is 38.7 Å². The van der Waals surface area contributed by atoms with Crippen LogP contribution >= 0.6 is 0 Å². The summed E-state index contributed by atoms with van der Waals surface area (Å²) < 4.78 is 2.25. The minimum absolute atomic E-state index is 0.850. The normalized spacial score (nSPS) is 13.9. The minimum atomic E-state index is 0.850. The SMILES string of the molecule is C=C(NCCC(/C=C\C#CC)=C/CC)c1cn(C)c2c(C)c(CC3=CCCC=C3)ccc12. The van der Waals surface area contributed by atoms with Crippen molar-refractivity contribution in [3.8, 4) is 11.8 Å². The van der Waals surface area contributed by atoms with Crippen LogP contribution in [0.25, 0.3) is 16.6 Å². The highest BCUT2D eigenvalue weighted by Crippen LogP contribution is 2.30. The van der Waals surface area contributed by atoms with Crippen molar-refractivity contribution >= 4 is 16.6 Å². The maximum atomic E-state index is 4.35. The molecule has 1 aliphatic rings. The van der Waals surface area contributed by atoms with Gasteiger partial charge in [-0.05, 0) is 74.3 Å². The Morgan fingerprint density at radius 3 is 2.84 bits per heavy atom. The minimum Gasteiger partial charge on any atom is -0.385 e. The highest BCUT2D eigenvalue weighted by molar-refractivity contribution is 5.94. The molecule has 166 valence electrons. The lowest BCUT2D eigenvalue weighted by Crippen LogP contribution is -2.13. The van der Waals surface area contributed by atoms with Gasteiger partial charge in [0.25, 0.3) is 0 Å². The molecule has 2 aromatic rings. The molecule has 0 radical (unpaired) electrons. The first kappa shape index (κ1) is 23.5. The quantitative estimate of drug-likeness (QED) is 0.333. The van der Waals surface area contributed by atoms with Crippen LogP contribution in [-0.4, -0.2) is 11.1 Å². The van der Waals surface area contributed by atoms with E-state index < -0.39 is 0 Å². The fraction of sp³-hybridized carbons (Fsp3) is 0.333. The molecule has 0 spiro atoms. The highest BCUT2D eigenvalue weighted by atomic mass is 14.9. The van der Waals surface area contributed by atoms with Gasteiger partial charge in [0.2, 0.25) is 0 Å². The Kier molecular flexibility index (Phi) is 8.40. The van der Waals surface area contributed by atoms with Gasteiger partial charge in [-0.15, -0.1) is 5.92 Å². The van der Waals surface area contributed by atoms with Crippen molar-refractivity contribution in [3.05, 3.63) is 89.2 Å². The van der Waals surface area contributed by atoms with E-state index in [0.717, 1.165) is 44.3 Å². The summed E-state index contributed by atoms with van der Waals surface area (Å²) in [5.41, 5.74) is 8.95. The van der Waals surface area contributed by atoms with Crippen molar-refractivity contribution in [2.24, 2.45) is 7.05 Å². The molecule has 0 aliphatic heterocycles. The van der Waals surface area contributed by atoms with E-state index in [2.05, 4.69) is 97.9 Å². The molecule has 0 saturated heterocycles. The maximum Gasteiger partial charge on any atom is 0.0517 e. The summed E-state index contributed by atoms with van der Waals surface area (Å²) in [5.74, 6) is 5.91.